The van der Waals surface area contributed by atoms with Gasteiger partial charge in [0.05, 0.1) is 18.0 Å². The van der Waals surface area contributed by atoms with Gasteiger partial charge in [0.25, 0.3) is 0 Å². The molecule has 4 aromatic heterocycles. The molecule has 0 atom stereocenters. The van der Waals surface area contributed by atoms with E-state index in [1.807, 2.05) is 66.9 Å². The molecule has 3 N–H and O–H groups in total. The number of aromatic nitrogens is 7. The van der Waals surface area contributed by atoms with Crippen LogP contribution in [0.1, 0.15) is 42.5 Å². The Bertz CT molecular complexity index is 1870. The number of hydrogen-bond donors (Lipinski definition) is 3. The standard InChI is InChI=1S/C32H30F3N11O/c1-45-19-23(18-40-45)21-7-12-28(37-16-21)46(31(47)39-15-20-5-3-2-4-6-20)25-10-8-24(9-11-25)41-30-38-17-22(14-36)29(42-30)26-13-27(44-43-26)32(33,34)35/h2-7,12-13,16-19,24-25H,8-11,15H2,1H3,(H,39,47)(H,43,44)(H,38,41,42). The van der Waals surface area contributed by atoms with Crippen LogP contribution in [0.4, 0.5) is 29.7 Å². The zero-order valence-corrected chi connectivity index (χ0v) is 25.2. The maximum absolute atomic E-state index is 13.7. The first kappa shape index (κ1) is 31.2. The third-order valence-electron chi connectivity index (χ3n) is 7.97. The smallest absolute Gasteiger partial charge is 0.351 e. The monoisotopic (exact) mass is 641 g/mol. The van der Waals surface area contributed by atoms with Gasteiger partial charge in [-0.1, -0.05) is 30.3 Å². The zero-order valence-electron chi connectivity index (χ0n) is 25.2. The van der Waals surface area contributed by atoms with Crippen molar-refractivity contribution in [2.75, 3.05) is 10.2 Å². The number of carbonyl (C=O) groups excluding carboxylic acids is 1. The fourth-order valence-electron chi connectivity index (χ4n) is 5.56. The van der Waals surface area contributed by atoms with E-state index >= 15 is 0 Å². The third-order valence-corrected chi connectivity index (χ3v) is 7.97. The highest BCUT2D eigenvalue weighted by atomic mass is 19.4. The van der Waals surface area contributed by atoms with Gasteiger partial charge in [-0.05, 0) is 49.4 Å². The molecule has 1 fully saturated rings. The maximum atomic E-state index is 13.7. The van der Waals surface area contributed by atoms with Gasteiger partial charge < -0.3 is 10.6 Å². The summed E-state index contributed by atoms with van der Waals surface area (Å²) in [6.45, 7) is 0.361. The van der Waals surface area contributed by atoms with Crippen molar-refractivity contribution in [3.8, 4) is 28.6 Å². The molecule has 1 aromatic carbocycles. The normalized spacial score (nSPS) is 16.3. The average molecular weight is 642 g/mol. The summed E-state index contributed by atoms with van der Waals surface area (Å²) in [5.41, 5.74) is 1.61. The molecule has 15 heteroatoms. The van der Waals surface area contributed by atoms with Crippen molar-refractivity contribution in [1.82, 2.24) is 40.2 Å². The number of anilines is 2. The quantitative estimate of drug-likeness (QED) is 0.195. The lowest BCUT2D eigenvalue weighted by Gasteiger charge is -2.36. The van der Waals surface area contributed by atoms with Gasteiger partial charge in [-0.2, -0.15) is 28.6 Å². The number of urea groups is 1. The summed E-state index contributed by atoms with van der Waals surface area (Å²) in [5.74, 6) is 0.695. The van der Waals surface area contributed by atoms with Gasteiger partial charge in [0, 0.05) is 49.2 Å². The van der Waals surface area contributed by atoms with Crippen LogP contribution < -0.4 is 15.5 Å². The Hall–Kier alpha value is -5.78. The molecule has 0 spiro atoms. The van der Waals surface area contributed by atoms with Gasteiger partial charge in [0.15, 0.2) is 0 Å². The van der Waals surface area contributed by atoms with E-state index in [0.29, 0.717) is 38.0 Å². The lowest BCUT2D eigenvalue weighted by atomic mass is 9.90. The number of amides is 2. The van der Waals surface area contributed by atoms with Crippen LogP contribution in [-0.4, -0.2) is 53.0 Å². The highest BCUT2D eigenvalue weighted by Crippen LogP contribution is 2.32. The van der Waals surface area contributed by atoms with Crippen molar-refractivity contribution in [3.05, 3.63) is 90.1 Å². The van der Waals surface area contributed by atoms with Crippen molar-refractivity contribution < 1.29 is 18.0 Å². The van der Waals surface area contributed by atoms with Crippen molar-refractivity contribution in [2.45, 2.75) is 50.5 Å². The van der Waals surface area contributed by atoms with Crippen LogP contribution in [-0.2, 0) is 19.8 Å². The second-order valence-electron chi connectivity index (χ2n) is 11.2. The third kappa shape index (κ3) is 7.22. The Morgan fingerprint density at radius 2 is 1.85 bits per heavy atom. The Morgan fingerprint density at radius 1 is 1.06 bits per heavy atom. The number of nitrogens with zero attached hydrogens (tertiary/aromatic N) is 8. The number of nitrogens with one attached hydrogen (secondary N) is 3. The number of pyridine rings is 1. The van der Waals surface area contributed by atoms with Gasteiger partial charge in [-0.15, -0.1) is 0 Å². The molecule has 4 heterocycles. The Morgan fingerprint density at radius 3 is 2.49 bits per heavy atom. The van der Waals surface area contributed by atoms with Gasteiger partial charge in [-0.3, -0.25) is 14.7 Å². The van der Waals surface area contributed by atoms with Crippen LogP contribution in [0.2, 0.25) is 0 Å². The topological polar surface area (TPSA) is 153 Å². The van der Waals surface area contributed by atoms with Gasteiger partial charge in [0.2, 0.25) is 5.95 Å². The van der Waals surface area contributed by atoms with E-state index in [0.717, 1.165) is 22.8 Å². The molecule has 1 aliphatic rings. The molecule has 0 saturated heterocycles. The fourth-order valence-corrected chi connectivity index (χ4v) is 5.56. The number of carbonyl (C=O) groups is 1. The Balaban J connectivity index is 1.16. The van der Waals surface area contributed by atoms with Crippen LogP contribution in [0.25, 0.3) is 22.5 Å². The Labute approximate surface area is 267 Å². The van der Waals surface area contributed by atoms with E-state index in [1.165, 1.54) is 6.20 Å². The average Bonchev–Trinajstić information content (AvgIpc) is 3.76. The summed E-state index contributed by atoms with van der Waals surface area (Å²) in [6, 6.07) is 15.6. The van der Waals surface area contributed by atoms with Gasteiger partial charge >= 0.3 is 12.2 Å². The first-order valence-corrected chi connectivity index (χ1v) is 14.9. The number of H-pyrrole nitrogens is 1. The van der Waals surface area contributed by atoms with Crippen molar-refractivity contribution in [3.63, 3.8) is 0 Å². The van der Waals surface area contributed by atoms with Crippen LogP contribution >= 0.6 is 0 Å². The van der Waals surface area contributed by atoms with E-state index in [1.54, 1.807) is 22.0 Å². The highest BCUT2D eigenvalue weighted by Gasteiger charge is 2.34. The summed E-state index contributed by atoms with van der Waals surface area (Å²) in [4.78, 5) is 28.6. The lowest BCUT2D eigenvalue weighted by molar-refractivity contribution is -0.141. The van der Waals surface area contributed by atoms with Gasteiger partial charge in [-0.25, -0.2) is 19.7 Å². The number of aryl methyl sites for hydroxylation is 1. The van der Waals surface area contributed by atoms with E-state index in [2.05, 4.69) is 35.8 Å². The molecule has 6 rings (SSSR count). The number of halogens is 3. The highest BCUT2D eigenvalue weighted by molar-refractivity contribution is 5.91. The summed E-state index contributed by atoms with van der Waals surface area (Å²) >= 11 is 0. The van der Waals surface area contributed by atoms with Crippen LogP contribution in [0.3, 0.4) is 0 Å². The first-order chi connectivity index (χ1) is 22.7. The number of aromatic amines is 1. The van der Waals surface area contributed by atoms with Gasteiger partial charge in [0.1, 0.15) is 29.0 Å². The van der Waals surface area contributed by atoms with Crippen molar-refractivity contribution in [2.24, 2.45) is 7.05 Å². The van der Waals surface area contributed by atoms with E-state index < -0.39 is 11.9 Å². The second-order valence-corrected chi connectivity index (χ2v) is 11.2. The largest absolute Gasteiger partial charge is 0.432 e. The fraction of sp³-hybridized carbons (Fsp3) is 0.281. The number of hydrogen-bond acceptors (Lipinski definition) is 8. The molecule has 47 heavy (non-hydrogen) atoms. The predicted molar refractivity (Wildman–Crippen MR) is 167 cm³/mol. The van der Waals surface area contributed by atoms with Crippen LogP contribution in [0.15, 0.2) is 73.3 Å². The lowest BCUT2D eigenvalue weighted by Crippen LogP contribution is -2.49. The molecular formula is C32H30F3N11O. The van der Waals surface area contributed by atoms with E-state index in [-0.39, 0.29) is 41.0 Å². The molecule has 0 aliphatic heterocycles. The molecule has 5 aromatic rings. The number of rotatable bonds is 8. The maximum Gasteiger partial charge on any atom is 0.432 e. The molecule has 0 unspecified atom stereocenters. The molecule has 12 nitrogen and oxygen atoms in total. The minimum atomic E-state index is -4.62. The minimum absolute atomic E-state index is 0.00122. The zero-order chi connectivity index (χ0) is 33.0. The molecule has 1 saturated carbocycles. The summed E-state index contributed by atoms with van der Waals surface area (Å²) in [5, 5.41) is 25.7. The van der Waals surface area contributed by atoms with Crippen molar-refractivity contribution in [1.29, 1.82) is 5.26 Å². The number of benzene rings is 1. The summed E-state index contributed by atoms with van der Waals surface area (Å²) < 4.78 is 41.1. The van der Waals surface area contributed by atoms with Crippen molar-refractivity contribution >= 4 is 17.8 Å². The molecular weight excluding hydrogens is 611 g/mol. The predicted octanol–water partition coefficient (Wildman–Crippen LogP) is 5.69. The molecule has 240 valence electrons. The van der Waals surface area contributed by atoms with Crippen LogP contribution in [0, 0.1) is 11.3 Å². The molecule has 0 radical (unpaired) electrons. The molecule has 2 amide bonds. The summed E-state index contributed by atoms with van der Waals surface area (Å²) in [6.07, 6.45) is 4.61. The van der Waals surface area contributed by atoms with Crippen LogP contribution in [0.5, 0.6) is 0 Å². The van der Waals surface area contributed by atoms with E-state index in [9.17, 15) is 23.2 Å². The second kappa shape index (κ2) is 13.3. The minimum Gasteiger partial charge on any atom is -0.351 e. The SMILES string of the molecule is Cn1cc(-c2ccc(N(C(=O)NCc3ccccc3)C3CCC(Nc4ncc(C#N)c(-c5cc(C(F)(F)F)[nH]n5)n4)CC3)nc2)cn1. The first-order valence-electron chi connectivity index (χ1n) is 14.9. The Kier molecular flexibility index (Phi) is 8.83. The molecule has 1 aliphatic carbocycles. The molecule has 0 bridgehead atoms. The van der Waals surface area contributed by atoms with E-state index in [4.69, 9.17) is 0 Å². The number of nitriles is 1. The number of alkyl halides is 3. The summed E-state index contributed by atoms with van der Waals surface area (Å²) in [7, 11) is 1.84.